The zero-order chi connectivity index (χ0) is 27.3. The number of likely N-dealkylation sites (tertiary alicyclic amines) is 2. The Kier molecular flexibility index (Phi) is 5.14. The van der Waals surface area contributed by atoms with Crippen LogP contribution in [-0.2, 0) is 17.8 Å². The van der Waals surface area contributed by atoms with Crippen LogP contribution in [0.3, 0.4) is 0 Å². The molecule has 4 fully saturated rings. The van der Waals surface area contributed by atoms with Crippen LogP contribution in [0.25, 0.3) is 0 Å². The molecule has 1 amide bonds. The van der Waals surface area contributed by atoms with Crippen LogP contribution in [0.5, 0.6) is 5.75 Å². The van der Waals surface area contributed by atoms with Gasteiger partial charge in [-0.05, 0) is 91.3 Å². The molecule has 2 heterocycles. The maximum absolute atomic E-state index is 15.7. The highest BCUT2D eigenvalue weighted by atomic mass is 19.3. The number of hydrogen-bond acceptors (Lipinski definition) is 3. The Morgan fingerprint density at radius 3 is 2.52 bits per heavy atom. The lowest BCUT2D eigenvalue weighted by Gasteiger charge is -2.66. The number of nitrogens with zero attached hydrogens (tertiary/aromatic N) is 2. The Balaban J connectivity index is 1.21. The smallest absolute Gasteiger partial charge is 0.285 e. The molecule has 6 atom stereocenters. The summed E-state index contributed by atoms with van der Waals surface area (Å²) in [4.78, 5) is 18.0. The monoisotopic (exact) mass is 540 g/mol. The second kappa shape index (κ2) is 8.39. The van der Waals surface area contributed by atoms with E-state index in [1.54, 1.807) is 24.3 Å². The summed E-state index contributed by atoms with van der Waals surface area (Å²) in [6.45, 7) is 1.06. The van der Waals surface area contributed by atoms with Gasteiger partial charge in [0.2, 0.25) is 0 Å². The molecule has 2 aliphatic heterocycles. The zero-order valence-corrected chi connectivity index (χ0v) is 22.5. The van der Waals surface area contributed by atoms with Gasteiger partial charge >= 0.3 is 0 Å². The lowest BCUT2D eigenvalue weighted by atomic mass is 9.43. The van der Waals surface area contributed by atoms with Crippen molar-refractivity contribution < 1.29 is 18.7 Å². The highest BCUT2D eigenvalue weighted by Gasteiger charge is 2.76. The molecule has 40 heavy (non-hydrogen) atoms. The van der Waals surface area contributed by atoms with E-state index in [4.69, 9.17) is 0 Å². The molecule has 2 saturated carbocycles. The summed E-state index contributed by atoms with van der Waals surface area (Å²) < 4.78 is 31.4. The van der Waals surface area contributed by atoms with E-state index >= 15 is 8.78 Å². The second-order valence-electron chi connectivity index (χ2n) is 12.9. The number of piperidine rings is 1. The van der Waals surface area contributed by atoms with E-state index in [0.29, 0.717) is 12.5 Å². The number of carbonyl (C=O) groups excluding carboxylic acids is 1. The number of benzene rings is 3. The molecule has 1 N–H and O–H groups in total. The van der Waals surface area contributed by atoms with Crippen LogP contribution in [0, 0.1) is 17.3 Å². The van der Waals surface area contributed by atoms with Crippen molar-refractivity contribution in [1.82, 2.24) is 9.80 Å². The summed E-state index contributed by atoms with van der Waals surface area (Å²) in [6.07, 6.45) is 4.32. The van der Waals surface area contributed by atoms with E-state index in [0.717, 1.165) is 44.2 Å². The molecular weight excluding hydrogens is 506 g/mol. The van der Waals surface area contributed by atoms with Gasteiger partial charge in [0, 0.05) is 35.2 Å². The van der Waals surface area contributed by atoms with Crippen molar-refractivity contribution in [1.29, 1.82) is 0 Å². The summed E-state index contributed by atoms with van der Waals surface area (Å²) in [6, 6.07) is 23.7. The number of carbonyl (C=O) groups is 1. The minimum Gasteiger partial charge on any atom is -0.508 e. The number of aromatic hydroxyl groups is 1. The minimum atomic E-state index is -2.93. The predicted octanol–water partition coefficient (Wildman–Crippen LogP) is 5.99. The minimum absolute atomic E-state index is 0.0257. The number of amides is 1. The Morgan fingerprint density at radius 2 is 1.75 bits per heavy atom. The first kappa shape index (κ1) is 24.5. The largest absolute Gasteiger partial charge is 0.508 e. The van der Waals surface area contributed by atoms with Crippen molar-refractivity contribution in [3.8, 4) is 5.75 Å². The summed E-state index contributed by atoms with van der Waals surface area (Å²) in [5, 5.41) is 10.7. The number of rotatable bonds is 4. The summed E-state index contributed by atoms with van der Waals surface area (Å²) >= 11 is 0. The molecular formula is C34H34F2N2O2. The summed E-state index contributed by atoms with van der Waals surface area (Å²) in [5.41, 5.74) is 2.89. The van der Waals surface area contributed by atoms with Crippen LogP contribution >= 0.6 is 0 Å². The molecule has 3 aromatic rings. The van der Waals surface area contributed by atoms with Crippen LogP contribution in [-0.4, -0.2) is 52.5 Å². The number of phenolic OH excluding ortho intramolecular Hbond substituents is 1. The van der Waals surface area contributed by atoms with E-state index in [2.05, 4.69) is 9.80 Å². The van der Waals surface area contributed by atoms with Gasteiger partial charge < -0.3 is 10.0 Å². The fourth-order valence-corrected chi connectivity index (χ4v) is 10.3. The van der Waals surface area contributed by atoms with Gasteiger partial charge in [0.15, 0.2) is 0 Å². The van der Waals surface area contributed by atoms with Gasteiger partial charge in [-0.1, -0.05) is 54.6 Å². The number of alkyl halides is 2. The third-order valence-corrected chi connectivity index (χ3v) is 11.5. The Hall–Kier alpha value is -3.25. The normalized spacial score (nSPS) is 33.9. The van der Waals surface area contributed by atoms with Gasteiger partial charge in [-0.25, -0.2) is 0 Å². The highest BCUT2D eigenvalue weighted by molar-refractivity contribution is 5.94. The third-order valence-electron chi connectivity index (χ3n) is 11.5. The Morgan fingerprint density at radius 1 is 1.00 bits per heavy atom. The van der Waals surface area contributed by atoms with Gasteiger partial charge in [-0.3, -0.25) is 9.69 Å². The van der Waals surface area contributed by atoms with Crippen LogP contribution in [0.15, 0.2) is 78.9 Å². The van der Waals surface area contributed by atoms with E-state index < -0.39 is 5.92 Å². The van der Waals surface area contributed by atoms with E-state index in [-0.39, 0.29) is 52.6 Å². The molecule has 5 aliphatic rings. The van der Waals surface area contributed by atoms with Crippen molar-refractivity contribution in [2.24, 2.45) is 17.3 Å². The van der Waals surface area contributed by atoms with Crippen LogP contribution in [0.1, 0.15) is 52.7 Å². The predicted molar refractivity (Wildman–Crippen MR) is 148 cm³/mol. The molecule has 6 heteroatoms. The maximum Gasteiger partial charge on any atom is 0.285 e. The van der Waals surface area contributed by atoms with Gasteiger partial charge in [-0.2, -0.15) is 8.78 Å². The highest BCUT2D eigenvalue weighted by Crippen LogP contribution is 2.75. The average molecular weight is 541 g/mol. The quantitative estimate of drug-likeness (QED) is 0.442. The van der Waals surface area contributed by atoms with Crippen molar-refractivity contribution in [3.63, 3.8) is 0 Å². The average Bonchev–Trinajstić information content (AvgIpc) is 3.42. The van der Waals surface area contributed by atoms with E-state index in [9.17, 15) is 9.90 Å². The lowest BCUT2D eigenvalue weighted by molar-refractivity contribution is -0.133. The van der Waals surface area contributed by atoms with Crippen molar-refractivity contribution in [2.75, 3.05) is 19.6 Å². The number of halogens is 2. The summed E-state index contributed by atoms with van der Waals surface area (Å²) in [5.74, 6) is -1.93. The molecule has 2 saturated heterocycles. The van der Waals surface area contributed by atoms with Gasteiger partial charge in [-0.15, -0.1) is 0 Å². The van der Waals surface area contributed by atoms with Crippen LogP contribution in [0.2, 0.25) is 0 Å². The molecule has 4 bridgehead atoms. The van der Waals surface area contributed by atoms with Crippen LogP contribution in [0.4, 0.5) is 8.78 Å². The Labute approximate surface area is 233 Å². The molecule has 206 valence electrons. The number of hydrogen-bond donors (Lipinski definition) is 1. The fourth-order valence-electron chi connectivity index (χ4n) is 10.3. The first-order valence-electron chi connectivity index (χ1n) is 14.7. The zero-order valence-electron chi connectivity index (χ0n) is 22.5. The second-order valence-corrected chi connectivity index (χ2v) is 12.9. The molecule has 0 spiro atoms. The van der Waals surface area contributed by atoms with Gasteiger partial charge in [0.1, 0.15) is 5.75 Å². The molecule has 4 nitrogen and oxygen atoms in total. The standard InChI is InChI=1S/C34H34F2N2O2/c35-34(36,25-9-5-2-6-10-25)21-37-16-15-33-27-18-26(39)12-11-23(27)17-29(37)32(33)14-13-28-30(33)24(19-32)20-38(28)31(40)22-7-3-1-4-8-22/h1-12,18,24,28-30,39H,13-17,19-21H2/t24-,28?,29?,30?,32?,33?/m1/s1. The summed E-state index contributed by atoms with van der Waals surface area (Å²) in [7, 11) is 0. The SMILES string of the molecule is O=C(c1ccccc1)N1C[C@H]2CC34CCC1C2C31CCN(CC(F)(F)c2ccccc2)C4Cc2ccc(O)cc21. The van der Waals surface area contributed by atoms with Crippen molar-refractivity contribution >= 4 is 5.91 Å². The van der Waals surface area contributed by atoms with Crippen LogP contribution < -0.4 is 0 Å². The molecule has 8 rings (SSSR count). The molecule has 3 aromatic carbocycles. The fraction of sp³-hybridized carbons (Fsp3) is 0.441. The van der Waals surface area contributed by atoms with Gasteiger partial charge in [0.05, 0.1) is 6.54 Å². The topological polar surface area (TPSA) is 43.8 Å². The Bertz CT molecular complexity index is 1480. The number of fused-ring (bicyclic) bond motifs is 1. The lowest BCUT2D eigenvalue weighted by Crippen LogP contribution is -2.70. The molecule has 5 unspecified atom stereocenters. The first-order valence-corrected chi connectivity index (χ1v) is 14.7. The van der Waals surface area contributed by atoms with E-state index in [1.807, 2.05) is 42.5 Å². The molecule has 0 radical (unpaired) electrons. The van der Waals surface area contributed by atoms with E-state index in [1.165, 1.54) is 23.3 Å². The van der Waals surface area contributed by atoms with Crippen molar-refractivity contribution in [3.05, 3.63) is 101 Å². The number of phenols is 1. The molecule has 3 aliphatic carbocycles. The van der Waals surface area contributed by atoms with Gasteiger partial charge in [0.25, 0.3) is 11.8 Å². The third kappa shape index (κ3) is 3.11. The maximum atomic E-state index is 15.7. The first-order chi connectivity index (χ1) is 19.3. The van der Waals surface area contributed by atoms with Crippen molar-refractivity contribution in [2.45, 2.75) is 55.5 Å². The molecule has 0 aromatic heterocycles.